The highest BCUT2D eigenvalue weighted by Crippen LogP contribution is 1.79. The van der Waals surface area contributed by atoms with Crippen LogP contribution in [0, 0.1) is 0 Å². The van der Waals surface area contributed by atoms with Crippen LogP contribution in [0.5, 0.6) is 0 Å². The zero-order valence-electron chi connectivity index (χ0n) is 5.34. The lowest BCUT2D eigenvalue weighted by atomic mass is 10.7. The van der Waals surface area contributed by atoms with Gasteiger partial charge < -0.3 is 9.47 Å². The topological polar surface area (TPSA) is 52.6 Å². The van der Waals surface area contributed by atoms with Crippen molar-refractivity contribution in [3.63, 3.8) is 0 Å². The SMILES string of the molecule is CCOC(=O)C(=O)OC. The standard InChI is InChI=1S/C5H8O4/c1-3-9-5(7)4(6)8-2/h3H2,1-2H3. The summed E-state index contributed by atoms with van der Waals surface area (Å²) in [5, 5.41) is 0. The van der Waals surface area contributed by atoms with E-state index in [1.165, 1.54) is 0 Å². The fourth-order valence-electron chi connectivity index (χ4n) is 0.273. The van der Waals surface area contributed by atoms with Gasteiger partial charge in [0.05, 0.1) is 13.7 Å². The second-order valence-corrected chi connectivity index (χ2v) is 1.21. The summed E-state index contributed by atoms with van der Waals surface area (Å²) in [6.07, 6.45) is 0. The number of hydrogen-bond donors (Lipinski definition) is 0. The van der Waals surface area contributed by atoms with Crippen molar-refractivity contribution in [3.05, 3.63) is 0 Å². The molecule has 0 aromatic heterocycles. The number of carbonyl (C=O) groups excluding carboxylic acids is 2. The van der Waals surface area contributed by atoms with Crippen molar-refractivity contribution in [1.29, 1.82) is 0 Å². The first kappa shape index (κ1) is 7.94. The lowest BCUT2D eigenvalue weighted by molar-refractivity contribution is -0.165. The number of ether oxygens (including phenoxy) is 2. The molecule has 9 heavy (non-hydrogen) atoms. The molecule has 0 radical (unpaired) electrons. The Labute approximate surface area is 52.7 Å². The zero-order chi connectivity index (χ0) is 7.28. The van der Waals surface area contributed by atoms with Crippen LogP contribution in [0.15, 0.2) is 0 Å². The minimum absolute atomic E-state index is 0.188. The molecule has 4 heteroatoms. The van der Waals surface area contributed by atoms with Gasteiger partial charge in [-0.25, -0.2) is 9.59 Å². The molecule has 0 unspecified atom stereocenters. The normalized spacial score (nSPS) is 8.22. The average molecular weight is 132 g/mol. The van der Waals surface area contributed by atoms with Gasteiger partial charge in [0.25, 0.3) is 0 Å². The Morgan fingerprint density at radius 1 is 1.33 bits per heavy atom. The van der Waals surface area contributed by atoms with Gasteiger partial charge in [-0.2, -0.15) is 0 Å². The van der Waals surface area contributed by atoms with Gasteiger partial charge in [-0.05, 0) is 6.92 Å². The van der Waals surface area contributed by atoms with Crippen LogP contribution in [0.2, 0.25) is 0 Å². The number of esters is 2. The van der Waals surface area contributed by atoms with Gasteiger partial charge in [0.15, 0.2) is 0 Å². The second-order valence-electron chi connectivity index (χ2n) is 1.21. The smallest absolute Gasteiger partial charge is 0.417 e. The maximum absolute atomic E-state index is 10.3. The molecule has 0 aliphatic carbocycles. The maximum atomic E-state index is 10.3. The van der Waals surface area contributed by atoms with Gasteiger partial charge in [-0.15, -0.1) is 0 Å². The average Bonchev–Trinajstić information content (AvgIpc) is 1.87. The molecule has 52 valence electrons. The maximum Gasteiger partial charge on any atom is 0.417 e. The summed E-state index contributed by atoms with van der Waals surface area (Å²) in [4.78, 5) is 20.5. The van der Waals surface area contributed by atoms with Gasteiger partial charge in [0.1, 0.15) is 0 Å². The lowest BCUT2D eigenvalue weighted by Gasteiger charge is -1.96. The van der Waals surface area contributed by atoms with E-state index >= 15 is 0 Å². The number of methoxy groups -OCH3 is 1. The van der Waals surface area contributed by atoms with Crippen LogP contribution >= 0.6 is 0 Å². The largest absolute Gasteiger partial charge is 0.461 e. The van der Waals surface area contributed by atoms with Crippen LogP contribution in [0.4, 0.5) is 0 Å². The summed E-state index contributed by atoms with van der Waals surface area (Å²) in [6.45, 7) is 1.80. The lowest BCUT2D eigenvalue weighted by Crippen LogP contribution is -2.18. The fourth-order valence-corrected chi connectivity index (χ4v) is 0.273. The van der Waals surface area contributed by atoms with E-state index in [9.17, 15) is 9.59 Å². The summed E-state index contributed by atoms with van der Waals surface area (Å²) >= 11 is 0. The van der Waals surface area contributed by atoms with E-state index in [0.29, 0.717) is 0 Å². The molecule has 0 aromatic carbocycles. The monoisotopic (exact) mass is 132 g/mol. The highest BCUT2D eigenvalue weighted by molar-refractivity contribution is 6.29. The minimum Gasteiger partial charge on any atom is -0.461 e. The third-order valence-electron chi connectivity index (χ3n) is 0.627. The van der Waals surface area contributed by atoms with E-state index in [4.69, 9.17) is 0 Å². The van der Waals surface area contributed by atoms with Crippen molar-refractivity contribution in [2.75, 3.05) is 13.7 Å². The van der Waals surface area contributed by atoms with Crippen LogP contribution in [0.1, 0.15) is 6.92 Å². The van der Waals surface area contributed by atoms with Gasteiger partial charge >= 0.3 is 11.9 Å². The van der Waals surface area contributed by atoms with Gasteiger partial charge in [0, 0.05) is 0 Å². The fraction of sp³-hybridized carbons (Fsp3) is 0.600. The van der Waals surface area contributed by atoms with Crippen molar-refractivity contribution in [1.82, 2.24) is 0 Å². The first-order valence-corrected chi connectivity index (χ1v) is 2.47. The highest BCUT2D eigenvalue weighted by Gasteiger charge is 2.13. The molecule has 0 saturated heterocycles. The third kappa shape index (κ3) is 2.69. The van der Waals surface area contributed by atoms with Gasteiger partial charge in [-0.3, -0.25) is 0 Å². The first-order chi connectivity index (χ1) is 4.22. The predicted octanol–water partition coefficient (Wildman–Crippen LogP) is -0.278. The van der Waals surface area contributed by atoms with Crippen LogP contribution in [0.3, 0.4) is 0 Å². The van der Waals surface area contributed by atoms with Gasteiger partial charge in [0.2, 0.25) is 0 Å². The van der Waals surface area contributed by atoms with E-state index in [1.54, 1.807) is 6.92 Å². The van der Waals surface area contributed by atoms with Crippen LogP contribution in [-0.4, -0.2) is 25.7 Å². The third-order valence-corrected chi connectivity index (χ3v) is 0.627. The Balaban J connectivity index is 3.60. The van der Waals surface area contributed by atoms with Crippen LogP contribution < -0.4 is 0 Å². The number of rotatable bonds is 1. The molecule has 0 aliphatic heterocycles. The summed E-state index contributed by atoms with van der Waals surface area (Å²) in [5.41, 5.74) is 0. The van der Waals surface area contributed by atoms with Crippen molar-refractivity contribution >= 4 is 11.9 Å². The summed E-state index contributed by atoms with van der Waals surface area (Å²) < 4.78 is 8.33. The molecule has 0 aromatic rings. The molecule has 0 saturated carbocycles. The Morgan fingerprint density at radius 2 is 1.89 bits per heavy atom. The van der Waals surface area contributed by atoms with Crippen molar-refractivity contribution in [2.24, 2.45) is 0 Å². The molecular weight excluding hydrogens is 124 g/mol. The number of carbonyl (C=O) groups is 2. The Kier molecular flexibility index (Phi) is 3.43. The minimum atomic E-state index is -0.961. The molecule has 0 N–H and O–H groups in total. The van der Waals surface area contributed by atoms with E-state index in [0.717, 1.165) is 7.11 Å². The van der Waals surface area contributed by atoms with Crippen LogP contribution in [-0.2, 0) is 19.1 Å². The predicted molar refractivity (Wildman–Crippen MR) is 28.6 cm³/mol. The van der Waals surface area contributed by atoms with E-state index < -0.39 is 11.9 Å². The highest BCUT2D eigenvalue weighted by atomic mass is 16.6. The molecule has 0 fully saturated rings. The van der Waals surface area contributed by atoms with E-state index in [-0.39, 0.29) is 6.61 Å². The molecule has 0 atom stereocenters. The van der Waals surface area contributed by atoms with Crippen molar-refractivity contribution < 1.29 is 19.1 Å². The molecule has 4 nitrogen and oxygen atoms in total. The van der Waals surface area contributed by atoms with E-state index in [1.807, 2.05) is 0 Å². The second kappa shape index (κ2) is 3.88. The Morgan fingerprint density at radius 3 is 2.22 bits per heavy atom. The molecule has 0 aliphatic rings. The zero-order valence-corrected chi connectivity index (χ0v) is 5.34. The Hall–Kier alpha value is -1.06. The van der Waals surface area contributed by atoms with Crippen molar-refractivity contribution in [3.8, 4) is 0 Å². The molecule has 0 bridgehead atoms. The molecule has 0 rings (SSSR count). The molecule has 0 heterocycles. The Bertz CT molecular complexity index is 118. The molecule has 0 amide bonds. The summed E-state index contributed by atoms with van der Waals surface area (Å²) in [5.74, 6) is -1.91. The van der Waals surface area contributed by atoms with E-state index in [2.05, 4.69) is 9.47 Å². The van der Waals surface area contributed by atoms with Crippen LogP contribution in [0.25, 0.3) is 0 Å². The number of hydrogen-bond acceptors (Lipinski definition) is 4. The first-order valence-electron chi connectivity index (χ1n) is 2.47. The van der Waals surface area contributed by atoms with Crippen molar-refractivity contribution in [2.45, 2.75) is 6.92 Å². The summed E-state index contributed by atoms with van der Waals surface area (Å²) in [6, 6.07) is 0. The quantitative estimate of drug-likeness (QED) is 0.364. The molecule has 0 spiro atoms. The van der Waals surface area contributed by atoms with Gasteiger partial charge in [-0.1, -0.05) is 0 Å². The summed E-state index contributed by atoms with van der Waals surface area (Å²) in [7, 11) is 1.12. The molecular formula is C5H8O4.